The van der Waals surface area contributed by atoms with Crippen LogP contribution in [0.4, 0.5) is 11.4 Å². The molecule has 134 valence electrons. The Hall–Kier alpha value is -3.26. The Kier molecular flexibility index (Phi) is 4.55. The Morgan fingerprint density at radius 3 is 2.30 bits per heavy atom. The number of rotatable bonds is 5. The molecule has 0 aliphatic rings. The van der Waals surface area contributed by atoms with E-state index in [0.29, 0.717) is 6.54 Å². The molecule has 1 aromatic heterocycles. The van der Waals surface area contributed by atoms with Crippen molar-refractivity contribution in [2.75, 3.05) is 5.01 Å². The average molecular weight is 424 g/mol. The molecule has 27 heavy (non-hydrogen) atoms. The first-order valence-electron chi connectivity index (χ1n) is 8.16. The number of non-ortho nitro benzene ring substituents is 1. The van der Waals surface area contributed by atoms with E-state index in [-0.39, 0.29) is 5.69 Å². The molecule has 4 aromatic rings. The molecule has 0 N–H and O–H groups in total. The third-order valence-corrected chi connectivity index (χ3v) is 5.02. The molecule has 0 unspecified atom stereocenters. The van der Waals surface area contributed by atoms with Crippen LogP contribution in [0, 0.1) is 10.1 Å². The monoisotopic (exact) mass is 423 g/mol. The summed E-state index contributed by atoms with van der Waals surface area (Å²) in [6, 6.07) is 18.7. The van der Waals surface area contributed by atoms with Crippen molar-refractivity contribution in [1.82, 2.24) is 14.9 Å². The van der Waals surface area contributed by atoms with E-state index in [0.717, 1.165) is 26.5 Å². The van der Waals surface area contributed by atoms with Crippen molar-refractivity contribution in [3.63, 3.8) is 0 Å². The molecule has 8 heteroatoms. The molecule has 0 bridgehead atoms. The summed E-state index contributed by atoms with van der Waals surface area (Å²) in [5.41, 5.74) is 1.96. The number of halogens is 1. The van der Waals surface area contributed by atoms with Gasteiger partial charge in [-0.15, -0.1) is 10.2 Å². The van der Waals surface area contributed by atoms with Crippen LogP contribution in [0.5, 0.6) is 0 Å². The zero-order valence-electron chi connectivity index (χ0n) is 14.1. The topological polar surface area (TPSA) is 77.1 Å². The molecule has 1 heterocycles. The molecule has 4 rings (SSSR count). The number of hydrogen-bond donors (Lipinski definition) is 0. The zero-order valence-corrected chi connectivity index (χ0v) is 15.7. The summed E-state index contributed by atoms with van der Waals surface area (Å²) in [6.07, 6.45) is 3.20. The largest absolute Gasteiger partial charge is 0.274 e. The van der Waals surface area contributed by atoms with Crippen molar-refractivity contribution in [1.29, 1.82) is 0 Å². The summed E-state index contributed by atoms with van der Waals surface area (Å²) in [7, 11) is 0. The van der Waals surface area contributed by atoms with Crippen molar-refractivity contribution in [3.8, 4) is 0 Å². The van der Waals surface area contributed by atoms with Gasteiger partial charge >= 0.3 is 0 Å². The summed E-state index contributed by atoms with van der Waals surface area (Å²) < 4.78 is 2.80. The van der Waals surface area contributed by atoms with Crippen LogP contribution in [0.25, 0.3) is 10.8 Å². The lowest BCUT2D eigenvalue weighted by molar-refractivity contribution is -0.384. The molecular weight excluding hydrogens is 410 g/mol. The van der Waals surface area contributed by atoms with Crippen molar-refractivity contribution < 1.29 is 4.92 Å². The van der Waals surface area contributed by atoms with Crippen LogP contribution in [-0.4, -0.2) is 19.8 Å². The molecule has 0 radical (unpaired) electrons. The standard InChI is InChI=1S/C19H14BrN5O2/c20-19-10-5-14(17-3-1-2-4-18(17)19)11-24(23-12-21-22-13-23)15-6-8-16(9-7-15)25(26)27/h1-10,12-13H,11H2. The predicted molar refractivity (Wildman–Crippen MR) is 106 cm³/mol. The first kappa shape index (κ1) is 17.2. The second-order valence-corrected chi connectivity index (χ2v) is 6.78. The van der Waals surface area contributed by atoms with Gasteiger partial charge in [-0.25, -0.2) is 4.68 Å². The Morgan fingerprint density at radius 1 is 0.963 bits per heavy atom. The fourth-order valence-electron chi connectivity index (χ4n) is 3.00. The van der Waals surface area contributed by atoms with Crippen LogP contribution in [0.1, 0.15) is 5.56 Å². The Morgan fingerprint density at radius 2 is 1.63 bits per heavy atom. The van der Waals surface area contributed by atoms with E-state index in [2.05, 4.69) is 44.3 Å². The van der Waals surface area contributed by atoms with Crippen LogP contribution in [0.2, 0.25) is 0 Å². The van der Waals surface area contributed by atoms with Crippen LogP contribution in [0.15, 0.2) is 77.8 Å². The van der Waals surface area contributed by atoms with Crippen molar-refractivity contribution in [3.05, 3.63) is 93.5 Å². The van der Waals surface area contributed by atoms with Gasteiger partial charge in [0.1, 0.15) is 12.7 Å². The molecule has 0 saturated heterocycles. The van der Waals surface area contributed by atoms with Gasteiger partial charge in [-0.2, -0.15) is 0 Å². The van der Waals surface area contributed by atoms with E-state index in [1.54, 1.807) is 29.5 Å². The Balaban J connectivity index is 1.77. The first-order chi connectivity index (χ1) is 13.1. The fraction of sp³-hybridized carbons (Fsp3) is 0.0526. The summed E-state index contributed by atoms with van der Waals surface area (Å²) in [6.45, 7) is 0.545. The number of aromatic nitrogens is 3. The van der Waals surface area contributed by atoms with Crippen molar-refractivity contribution in [2.45, 2.75) is 6.54 Å². The van der Waals surface area contributed by atoms with Gasteiger partial charge in [0.25, 0.3) is 5.69 Å². The molecule has 3 aromatic carbocycles. The van der Waals surface area contributed by atoms with E-state index < -0.39 is 4.92 Å². The highest BCUT2D eigenvalue weighted by atomic mass is 79.9. The lowest BCUT2D eigenvalue weighted by Gasteiger charge is -2.25. The van der Waals surface area contributed by atoms with E-state index in [9.17, 15) is 10.1 Å². The number of hydrogen-bond acceptors (Lipinski definition) is 5. The minimum absolute atomic E-state index is 0.0524. The van der Waals surface area contributed by atoms with E-state index in [1.165, 1.54) is 12.1 Å². The van der Waals surface area contributed by atoms with Gasteiger partial charge in [-0.3, -0.25) is 15.1 Å². The number of nitro benzene ring substituents is 1. The molecule has 0 fully saturated rings. The van der Waals surface area contributed by atoms with Gasteiger partial charge < -0.3 is 0 Å². The predicted octanol–water partition coefficient (Wildman–Crippen LogP) is 4.57. The van der Waals surface area contributed by atoms with Crippen LogP contribution < -0.4 is 5.01 Å². The zero-order chi connectivity index (χ0) is 18.8. The number of benzene rings is 3. The molecule has 7 nitrogen and oxygen atoms in total. The van der Waals surface area contributed by atoms with Gasteiger partial charge in [-0.1, -0.05) is 46.3 Å². The van der Waals surface area contributed by atoms with E-state index >= 15 is 0 Å². The molecule has 0 atom stereocenters. The van der Waals surface area contributed by atoms with E-state index in [4.69, 9.17) is 0 Å². The minimum atomic E-state index is -0.408. The van der Waals surface area contributed by atoms with Gasteiger partial charge in [0.05, 0.1) is 17.2 Å². The lowest BCUT2D eigenvalue weighted by atomic mass is 10.0. The summed E-state index contributed by atoms with van der Waals surface area (Å²) >= 11 is 3.60. The fourth-order valence-corrected chi connectivity index (χ4v) is 3.47. The van der Waals surface area contributed by atoms with Crippen molar-refractivity contribution >= 4 is 38.1 Å². The number of nitrogens with zero attached hydrogens (tertiary/aromatic N) is 5. The van der Waals surface area contributed by atoms with Gasteiger partial charge in [0.15, 0.2) is 0 Å². The maximum atomic E-state index is 10.9. The molecule has 0 amide bonds. The second-order valence-electron chi connectivity index (χ2n) is 5.93. The quantitative estimate of drug-likeness (QED) is 0.347. The maximum absolute atomic E-state index is 10.9. The maximum Gasteiger partial charge on any atom is 0.269 e. The smallest absolute Gasteiger partial charge is 0.269 e. The summed E-state index contributed by atoms with van der Waals surface area (Å²) in [5.74, 6) is 0. The Bertz CT molecular complexity index is 1100. The normalized spacial score (nSPS) is 10.9. The average Bonchev–Trinajstić information content (AvgIpc) is 3.22. The molecule has 0 saturated carbocycles. The summed E-state index contributed by atoms with van der Waals surface area (Å²) in [5, 5.41) is 22.9. The molecular formula is C19H14BrN5O2. The van der Waals surface area contributed by atoms with Crippen LogP contribution in [-0.2, 0) is 6.54 Å². The Labute approximate surface area is 163 Å². The third-order valence-electron chi connectivity index (χ3n) is 4.33. The molecule has 0 spiro atoms. The minimum Gasteiger partial charge on any atom is -0.274 e. The van der Waals surface area contributed by atoms with E-state index in [1.807, 2.05) is 23.2 Å². The van der Waals surface area contributed by atoms with Gasteiger partial charge in [-0.05, 0) is 34.5 Å². The van der Waals surface area contributed by atoms with Crippen LogP contribution in [0.3, 0.4) is 0 Å². The summed E-state index contributed by atoms with van der Waals surface area (Å²) in [4.78, 5) is 10.5. The first-order valence-corrected chi connectivity index (χ1v) is 8.96. The van der Waals surface area contributed by atoms with Crippen molar-refractivity contribution in [2.24, 2.45) is 0 Å². The number of anilines is 1. The molecule has 0 aliphatic carbocycles. The number of nitro groups is 1. The highest BCUT2D eigenvalue weighted by Crippen LogP contribution is 2.29. The second kappa shape index (κ2) is 7.16. The SMILES string of the molecule is O=[N+]([O-])c1ccc(N(Cc2ccc(Br)c3ccccc23)n2cnnc2)cc1. The lowest BCUT2D eigenvalue weighted by Crippen LogP contribution is -2.27. The van der Waals surface area contributed by atoms with Gasteiger partial charge in [0, 0.05) is 16.6 Å². The highest BCUT2D eigenvalue weighted by Gasteiger charge is 2.14. The van der Waals surface area contributed by atoms with Crippen LogP contribution >= 0.6 is 15.9 Å². The highest BCUT2D eigenvalue weighted by molar-refractivity contribution is 9.10. The number of fused-ring (bicyclic) bond motifs is 1. The van der Waals surface area contributed by atoms with Gasteiger partial charge in [0.2, 0.25) is 0 Å². The molecule has 0 aliphatic heterocycles. The third kappa shape index (κ3) is 3.39.